The number of rotatable bonds is 2. The fraction of sp³-hybridized carbons (Fsp3) is 0. The Morgan fingerprint density at radius 2 is 1.81 bits per heavy atom. The number of hydrogen-bond donors (Lipinski definition) is 0. The first-order valence-electron chi connectivity index (χ1n) is 4.45. The number of halogens is 1. The van der Waals surface area contributed by atoms with Gasteiger partial charge in [-0.25, -0.2) is 9.97 Å². The predicted molar refractivity (Wildman–Crippen MR) is 62.3 cm³/mol. The number of nitrogens with zero attached hydrogens (tertiary/aromatic N) is 3. The predicted octanol–water partition coefficient (Wildman–Crippen LogP) is 3.15. The molecular formula is C11H6ClN3S. The highest BCUT2D eigenvalue weighted by Crippen LogP contribution is 2.31. The van der Waals surface area contributed by atoms with Gasteiger partial charge in [-0.05, 0) is 36.0 Å². The summed E-state index contributed by atoms with van der Waals surface area (Å²) in [6.45, 7) is 0. The SMILES string of the molecule is N#Cc1cccnc1Sc1ncccc1Cl. The van der Waals surface area contributed by atoms with Crippen LogP contribution in [0.3, 0.4) is 0 Å². The molecule has 0 aliphatic rings. The molecule has 0 N–H and O–H groups in total. The largest absolute Gasteiger partial charge is 0.248 e. The van der Waals surface area contributed by atoms with Gasteiger partial charge in [0.1, 0.15) is 16.1 Å². The second kappa shape index (κ2) is 4.97. The number of pyridine rings is 2. The topological polar surface area (TPSA) is 49.6 Å². The van der Waals surface area contributed by atoms with Gasteiger partial charge in [0.15, 0.2) is 0 Å². The highest BCUT2D eigenvalue weighted by atomic mass is 35.5. The van der Waals surface area contributed by atoms with Crippen LogP contribution in [0.1, 0.15) is 5.56 Å². The fourth-order valence-corrected chi connectivity index (χ4v) is 2.13. The van der Waals surface area contributed by atoms with E-state index in [1.54, 1.807) is 36.7 Å². The lowest BCUT2D eigenvalue weighted by Gasteiger charge is -2.02. The Hall–Kier alpha value is -1.57. The van der Waals surface area contributed by atoms with Gasteiger partial charge < -0.3 is 0 Å². The van der Waals surface area contributed by atoms with Crippen LogP contribution in [0.15, 0.2) is 46.7 Å². The van der Waals surface area contributed by atoms with Crippen LogP contribution < -0.4 is 0 Å². The minimum atomic E-state index is 0.522. The summed E-state index contributed by atoms with van der Waals surface area (Å²) in [4.78, 5) is 8.26. The van der Waals surface area contributed by atoms with Gasteiger partial charge in [-0.15, -0.1) is 0 Å². The van der Waals surface area contributed by atoms with E-state index < -0.39 is 0 Å². The molecule has 5 heteroatoms. The first kappa shape index (κ1) is 10.9. The Balaban J connectivity index is 2.35. The third-order valence-corrected chi connectivity index (χ3v) is 3.26. The summed E-state index contributed by atoms with van der Waals surface area (Å²) in [6.07, 6.45) is 3.29. The molecule has 0 saturated heterocycles. The van der Waals surface area contributed by atoms with Crippen molar-refractivity contribution in [2.75, 3.05) is 0 Å². The standard InChI is InChI=1S/C11H6ClN3S/c12-9-4-2-6-15-11(9)16-10-8(7-13)3-1-5-14-10/h1-6H. The third-order valence-electron chi connectivity index (χ3n) is 1.81. The summed E-state index contributed by atoms with van der Waals surface area (Å²) < 4.78 is 0. The van der Waals surface area contributed by atoms with Crippen molar-refractivity contribution in [1.82, 2.24) is 9.97 Å². The number of nitriles is 1. The molecule has 2 aromatic heterocycles. The summed E-state index contributed by atoms with van der Waals surface area (Å²) in [7, 11) is 0. The Bertz CT molecular complexity index is 551. The van der Waals surface area contributed by atoms with Gasteiger partial charge in [0.05, 0.1) is 10.6 Å². The first-order valence-corrected chi connectivity index (χ1v) is 5.64. The molecule has 16 heavy (non-hydrogen) atoms. The molecule has 78 valence electrons. The zero-order valence-corrected chi connectivity index (χ0v) is 9.66. The summed E-state index contributed by atoms with van der Waals surface area (Å²) in [6, 6.07) is 9.04. The normalized spacial score (nSPS) is 9.75. The van der Waals surface area contributed by atoms with E-state index >= 15 is 0 Å². The van der Waals surface area contributed by atoms with E-state index in [-0.39, 0.29) is 0 Å². The molecule has 0 aliphatic heterocycles. The maximum atomic E-state index is 8.91. The molecule has 0 bridgehead atoms. The molecule has 2 rings (SSSR count). The molecule has 3 nitrogen and oxygen atoms in total. The van der Waals surface area contributed by atoms with E-state index in [0.717, 1.165) is 0 Å². The lowest BCUT2D eigenvalue weighted by Crippen LogP contribution is -1.87. The van der Waals surface area contributed by atoms with Gasteiger partial charge in [0.25, 0.3) is 0 Å². The maximum Gasteiger partial charge on any atom is 0.121 e. The lowest BCUT2D eigenvalue weighted by molar-refractivity contribution is 1.08. The fourth-order valence-electron chi connectivity index (χ4n) is 1.10. The summed E-state index contributed by atoms with van der Waals surface area (Å²) in [5.74, 6) is 0. The van der Waals surface area contributed by atoms with Crippen molar-refractivity contribution in [1.29, 1.82) is 5.26 Å². The number of hydrogen-bond acceptors (Lipinski definition) is 4. The minimum Gasteiger partial charge on any atom is -0.248 e. The van der Waals surface area contributed by atoms with Gasteiger partial charge in [-0.3, -0.25) is 0 Å². The van der Waals surface area contributed by atoms with Crippen LogP contribution in [-0.2, 0) is 0 Å². The molecule has 0 saturated carbocycles. The summed E-state index contributed by atoms with van der Waals surface area (Å²) in [5, 5.41) is 10.7. The van der Waals surface area contributed by atoms with Crippen molar-refractivity contribution in [3.8, 4) is 6.07 Å². The van der Waals surface area contributed by atoms with E-state index in [9.17, 15) is 0 Å². The van der Waals surface area contributed by atoms with Crippen molar-refractivity contribution < 1.29 is 0 Å². The van der Waals surface area contributed by atoms with Gasteiger partial charge in [-0.1, -0.05) is 11.6 Å². The average molecular weight is 248 g/mol. The van der Waals surface area contributed by atoms with Crippen LogP contribution in [0.4, 0.5) is 0 Å². The van der Waals surface area contributed by atoms with Crippen molar-refractivity contribution in [2.24, 2.45) is 0 Å². The van der Waals surface area contributed by atoms with Crippen molar-refractivity contribution in [3.63, 3.8) is 0 Å². The highest BCUT2D eigenvalue weighted by molar-refractivity contribution is 7.99. The second-order valence-electron chi connectivity index (χ2n) is 2.86. The van der Waals surface area contributed by atoms with Crippen molar-refractivity contribution in [3.05, 3.63) is 47.2 Å². The molecule has 0 aromatic carbocycles. The zero-order valence-electron chi connectivity index (χ0n) is 8.09. The Morgan fingerprint density at radius 1 is 1.12 bits per heavy atom. The molecular weight excluding hydrogens is 242 g/mol. The maximum absolute atomic E-state index is 8.91. The van der Waals surface area contributed by atoms with Gasteiger partial charge >= 0.3 is 0 Å². The monoisotopic (exact) mass is 247 g/mol. The molecule has 0 fully saturated rings. The van der Waals surface area contributed by atoms with Crippen LogP contribution >= 0.6 is 23.4 Å². The van der Waals surface area contributed by atoms with Crippen LogP contribution in [0.2, 0.25) is 5.02 Å². The minimum absolute atomic E-state index is 0.522. The van der Waals surface area contributed by atoms with Gasteiger partial charge in [0, 0.05) is 12.4 Å². The zero-order chi connectivity index (χ0) is 11.4. The molecule has 0 amide bonds. The van der Waals surface area contributed by atoms with Crippen molar-refractivity contribution >= 4 is 23.4 Å². The molecule has 0 radical (unpaired) electrons. The Labute approximate surface area is 102 Å². The molecule has 2 heterocycles. The van der Waals surface area contributed by atoms with Gasteiger partial charge in [-0.2, -0.15) is 5.26 Å². The third kappa shape index (κ3) is 2.32. The summed E-state index contributed by atoms with van der Waals surface area (Å²) in [5.41, 5.74) is 0.522. The quantitative estimate of drug-likeness (QED) is 0.818. The van der Waals surface area contributed by atoms with Crippen molar-refractivity contribution in [2.45, 2.75) is 10.1 Å². The molecule has 0 unspecified atom stereocenters. The Morgan fingerprint density at radius 3 is 2.50 bits per heavy atom. The molecule has 2 aromatic rings. The smallest absolute Gasteiger partial charge is 0.121 e. The van der Waals surface area contributed by atoms with Crippen LogP contribution in [0, 0.1) is 11.3 Å². The van der Waals surface area contributed by atoms with E-state index in [1.807, 2.05) is 0 Å². The van der Waals surface area contributed by atoms with Gasteiger partial charge in [0.2, 0.25) is 0 Å². The molecule has 0 atom stereocenters. The van der Waals surface area contributed by atoms with E-state index in [2.05, 4.69) is 16.0 Å². The van der Waals surface area contributed by atoms with Crippen LogP contribution in [-0.4, -0.2) is 9.97 Å². The van der Waals surface area contributed by atoms with E-state index in [4.69, 9.17) is 16.9 Å². The highest BCUT2D eigenvalue weighted by Gasteiger charge is 2.08. The lowest BCUT2D eigenvalue weighted by atomic mass is 10.3. The average Bonchev–Trinajstić information content (AvgIpc) is 2.33. The van der Waals surface area contributed by atoms with E-state index in [0.29, 0.717) is 20.6 Å². The first-order chi connectivity index (χ1) is 7.81. The van der Waals surface area contributed by atoms with E-state index in [1.165, 1.54) is 11.8 Å². The van der Waals surface area contributed by atoms with Crippen LogP contribution in [0.5, 0.6) is 0 Å². The summed E-state index contributed by atoms with van der Waals surface area (Å²) >= 11 is 7.26. The number of aromatic nitrogens is 2. The molecule has 0 aliphatic carbocycles. The second-order valence-corrected chi connectivity index (χ2v) is 4.25. The Kier molecular flexibility index (Phi) is 3.40. The molecule has 0 spiro atoms. The van der Waals surface area contributed by atoms with Crippen LogP contribution in [0.25, 0.3) is 0 Å².